The molecule has 1 heterocycles. The molecular formula is C15H17ClN2O3. The highest BCUT2D eigenvalue weighted by molar-refractivity contribution is 6.17. The molecule has 0 saturated heterocycles. The number of ether oxygens (including phenoxy) is 1. The summed E-state index contributed by atoms with van der Waals surface area (Å²) in [7, 11) is 1.59. The molecule has 0 spiro atoms. The number of hydrogen-bond donors (Lipinski definition) is 0. The Morgan fingerprint density at radius 1 is 1.19 bits per heavy atom. The fourth-order valence-corrected chi connectivity index (χ4v) is 2.24. The minimum atomic E-state index is -0.335. The summed E-state index contributed by atoms with van der Waals surface area (Å²) in [5.74, 6) is 1.12. The molecule has 0 radical (unpaired) electrons. The van der Waals surface area contributed by atoms with Gasteiger partial charge in [-0.15, -0.1) is 11.6 Å². The van der Waals surface area contributed by atoms with Crippen molar-refractivity contribution in [2.75, 3.05) is 13.0 Å². The molecule has 0 aliphatic heterocycles. The first-order valence-electron chi connectivity index (χ1n) is 6.65. The lowest BCUT2D eigenvalue weighted by molar-refractivity contribution is 0.407. The summed E-state index contributed by atoms with van der Waals surface area (Å²) in [6, 6.07) is 8.87. The van der Waals surface area contributed by atoms with Crippen LogP contribution in [0.1, 0.15) is 12.0 Å². The Morgan fingerprint density at radius 2 is 1.95 bits per heavy atom. The van der Waals surface area contributed by atoms with Gasteiger partial charge in [-0.25, -0.2) is 4.79 Å². The molecule has 2 rings (SSSR count). The average molecular weight is 309 g/mol. The van der Waals surface area contributed by atoms with Crippen molar-refractivity contribution in [1.29, 1.82) is 0 Å². The van der Waals surface area contributed by atoms with Crippen LogP contribution in [0.5, 0.6) is 5.75 Å². The quantitative estimate of drug-likeness (QED) is 0.763. The van der Waals surface area contributed by atoms with Crippen LogP contribution < -0.4 is 16.0 Å². The summed E-state index contributed by atoms with van der Waals surface area (Å²) in [4.78, 5) is 24.1. The van der Waals surface area contributed by atoms with Gasteiger partial charge in [0.05, 0.1) is 13.7 Å². The fraction of sp³-hybridized carbons (Fsp3) is 0.333. The van der Waals surface area contributed by atoms with E-state index in [4.69, 9.17) is 16.3 Å². The van der Waals surface area contributed by atoms with Crippen LogP contribution >= 0.6 is 11.6 Å². The lowest BCUT2D eigenvalue weighted by Crippen LogP contribution is -2.39. The monoisotopic (exact) mass is 308 g/mol. The molecule has 0 bridgehead atoms. The Labute approximate surface area is 127 Å². The maximum Gasteiger partial charge on any atom is 0.331 e. The largest absolute Gasteiger partial charge is 0.496 e. The van der Waals surface area contributed by atoms with Gasteiger partial charge in [0.2, 0.25) is 0 Å². The number of halogens is 1. The number of hydrogen-bond acceptors (Lipinski definition) is 3. The van der Waals surface area contributed by atoms with E-state index in [9.17, 15) is 9.59 Å². The van der Waals surface area contributed by atoms with Crippen molar-refractivity contribution in [1.82, 2.24) is 9.13 Å². The van der Waals surface area contributed by atoms with E-state index in [-0.39, 0.29) is 11.2 Å². The van der Waals surface area contributed by atoms with Gasteiger partial charge in [-0.2, -0.15) is 0 Å². The Balaban J connectivity index is 2.37. The molecule has 21 heavy (non-hydrogen) atoms. The van der Waals surface area contributed by atoms with Crippen LogP contribution in [-0.2, 0) is 13.1 Å². The van der Waals surface area contributed by atoms with Crippen molar-refractivity contribution >= 4 is 11.6 Å². The predicted molar refractivity (Wildman–Crippen MR) is 82.4 cm³/mol. The van der Waals surface area contributed by atoms with Crippen molar-refractivity contribution < 1.29 is 4.74 Å². The number of aromatic nitrogens is 2. The van der Waals surface area contributed by atoms with Gasteiger partial charge in [0.1, 0.15) is 5.75 Å². The van der Waals surface area contributed by atoms with Crippen LogP contribution in [0.25, 0.3) is 0 Å². The molecule has 0 aliphatic rings. The highest BCUT2D eigenvalue weighted by atomic mass is 35.5. The van der Waals surface area contributed by atoms with Crippen molar-refractivity contribution in [3.63, 3.8) is 0 Å². The molecule has 0 amide bonds. The number of methoxy groups -OCH3 is 1. The topological polar surface area (TPSA) is 53.2 Å². The van der Waals surface area contributed by atoms with E-state index in [0.717, 1.165) is 5.56 Å². The minimum Gasteiger partial charge on any atom is -0.496 e. The zero-order valence-corrected chi connectivity index (χ0v) is 12.5. The number of alkyl halides is 1. The van der Waals surface area contributed by atoms with Crippen LogP contribution in [0.3, 0.4) is 0 Å². The Kier molecular flexibility index (Phi) is 5.22. The predicted octanol–water partition coefficient (Wildman–Crippen LogP) is 1.70. The molecule has 0 unspecified atom stereocenters. The van der Waals surface area contributed by atoms with Gasteiger partial charge in [0.25, 0.3) is 5.56 Å². The molecule has 112 valence electrons. The standard InChI is InChI=1S/C15H17ClN2O3/c1-21-13-6-3-2-5-12(13)11-17-10-7-14(19)18(15(17)20)9-4-8-16/h2-3,5-7,10H,4,8-9,11H2,1H3. The minimum absolute atomic E-state index is 0.304. The number of para-hydroxylation sites is 1. The summed E-state index contributed by atoms with van der Waals surface area (Å²) >= 11 is 5.62. The van der Waals surface area contributed by atoms with Crippen molar-refractivity contribution in [2.45, 2.75) is 19.5 Å². The third kappa shape index (κ3) is 3.55. The van der Waals surface area contributed by atoms with Gasteiger partial charge in [-0.05, 0) is 12.5 Å². The van der Waals surface area contributed by atoms with Gasteiger partial charge < -0.3 is 4.74 Å². The zero-order chi connectivity index (χ0) is 15.2. The molecule has 0 N–H and O–H groups in total. The summed E-state index contributed by atoms with van der Waals surface area (Å²) in [5.41, 5.74) is 0.240. The van der Waals surface area contributed by atoms with Crippen LogP contribution in [0, 0.1) is 0 Å². The SMILES string of the molecule is COc1ccccc1Cn1ccc(=O)n(CCCCl)c1=O. The van der Waals surface area contributed by atoms with Gasteiger partial charge in [0.15, 0.2) is 0 Å². The third-order valence-corrected chi connectivity index (χ3v) is 3.46. The van der Waals surface area contributed by atoms with Gasteiger partial charge in [-0.1, -0.05) is 18.2 Å². The third-order valence-electron chi connectivity index (χ3n) is 3.19. The van der Waals surface area contributed by atoms with Crippen LogP contribution in [0.4, 0.5) is 0 Å². The molecule has 5 nitrogen and oxygen atoms in total. The second-order valence-electron chi connectivity index (χ2n) is 4.57. The van der Waals surface area contributed by atoms with E-state index in [2.05, 4.69) is 0 Å². The maximum atomic E-state index is 12.3. The van der Waals surface area contributed by atoms with Gasteiger partial charge in [-0.3, -0.25) is 13.9 Å². The smallest absolute Gasteiger partial charge is 0.331 e. The molecule has 0 saturated carbocycles. The van der Waals surface area contributed by atoms with Crippen LogP contribution in [-0.4, -0.2) is 22.1 Å². The maximum absolute atomic E-state index is 12.3. The van der Waals surface area contributed by atoms with Crippen LogP contribution in [0.15, 0.2) is 46.1 Å². The Hall–Kier alpha value is -2.01. The number of benzene rings is 1. The van der Waals surface area contributed by atoms with E-state index < -0.39 is 0 Å². The molecule has 0 fully saturated rings. The number of nitrogens with zero attached hydrogens (tertiary/aromatic N) is 2. The molecule has 1 aromatic carbocycles. The van der Waals surface area contributed by atoms with Gasteiger partial charge in [0, 0.05) is 30.3 Å². The Bertz CT molecular complexity index is 721. The number of rotatable bonds is 6. The molecule has 1 aromatic heterocycles. The normalized spacial score (nSPS) is 10.6. The molecule has 0 aliphatic carbocycles. The fourth-order valence-electron chi connectivity index (χ4n) is 2.12. The lowest BCUT2D eigenvalue weighted by atomic mass is 10.2. The average Bonchev–Trinajstić information content (AvgIpc) is 2.50. The molecule has 2 aromatic rings. The van der Waals surface area contributed by atoms with E-state index >= 15 is 0 Å². The Morgan fingerprint density at radius 3 is 2.67 bits per heavy atom. The van der Waals surface area contributed by atoms with Crippen molar-refractivity contribution in [3.05, 3.63) is 62.9 Å². The summed E-state index contributed by atoms with van der Waals surface area (Å²) in [6.45, 7) is 0.679. The van der Waals surface area contributed by atoms with E-state index in [1.165, 1.54) is 21.4 Å². The van der Waals surface area contributed by atoms with Crippen LogP contribution in [0.2, 0.25) is 0 Å². The highest BCUT2D eigenvalue weighted by Crippen LogP contribution is 2.17. The van der Waals surface area contributed by atoms with Crippen molar-refractivity contribution in [3.8, 4) is 5.75 Å². The highest BCUT2D eigenvalue weighted by Gasteiger charge is 2.08. The first kappa shape index (κ1) is 15.4. The molecule has 0 atom stereocenters. The second-order valence-corrected chi connectivity index (χ2v) is 4.95. The van der Waals surface area contributed by atoms with Gasteiger partial charge >= 0.3 is 5.69 Å². The molecular weight excluding hydrogens is 292 g/mol. The summed E-state index contributed by atoms with van der Waals surface area (Å²) in [6.07, 6.45) is 2.09. The first-order valence-corrected chi connectivity index (χ1v) is 7.19. The zero-order valence-electron chi connectivity index (χ0n) is 11.8. The summed E-state index contributed by atoms with van der Waals surface area (Å²) < 4.78 is 7.97. The van der Waals surface area contributed by atoms with E-state index in [0.29, 0.717) is 31.1 Å². The first-order chi connectivity index (χ1) is 10.2. The van der Waals surface area contributed by atoms with E-state index in [1.807, 2.05) is 24.3 Å². The van der Waals surface area contributed by atoms with E-state index in [1.54, 1.807) is 7.11 Å². The lowest BCUT2D eigenvalue weighted by Gasteiger charge is -2.12. The van der Waals surface area contributed by atoms with Crippen molar-refractivity contribution in [2.24, 2.45) is 0 Å². The molecule has 6 heteroatoms. The second kappa shape index (κ2) is 7.13. The summed E-state index contributed by atoms with van der Waals surface area (Å²) in [5, 5.41) is 0.